The minimum atomic E-state index is -0.641. The van der Waals surface area contributed by atoms with Crippen LogP contribution in [0.15, 0.2) is 0 Å². The summed E-state index contributed by atoms with van der Waals surface area (Å²) in [6.45, 7) is 0.102. The summed E-state index contributed by atoms with van der Waals surface area (Å²) in [5.41, 5.74) is 9.92. The molecule has 0 heterocycles. The van der Waals surface area contributed by atoms with Crippen molar-refractivity contribution in [3.63, 3.8) is 0 Å². The molecule has 3 amide bonds. The molecule has 0 aliphatic heterocycles. The number of amides is 3. The van der Waals surface area contributed by atoms with E-state index in [0.29, 0.717) is 19.4 Å². The second-order valence-electron chi connectivity index (χ2n) is 3.82. The average Bonchev–Trinajstić information content (AvgIpc) is 2.33. The summed E-state index contributed by atoms with van der Waals surface area (Å²) in [6.07, 6.45) is 1.60. The van der Waals surface area contributed by atoms with Gasteiger partial charge < -0.3 is 27.4 Å². The fourth-order valence-electron chi connectivity index (χ4n) is 1.15. The molecule has 0 atom stereocenters. The van der Waals surface area contributed by atoms with Crippen molar-refractivity contribution in [3.05, 3.63) is 0 Å². The van der Waals surface area contributed by atoms with Gasteiger partial charge >= 0.3 is 0 Å². The molecule has 0 radical (unpaired) electrons. The highest BCUT2D eigenvalue weighted by Gasteiger charge is 2.05. The molecule has 0 spiro atoms. The van der Waals surface area contributed by atoms with E-state index in [1.54, 1.807) is 0 Å². The van der Waals surface area contributed by atoms with Gasteiger partial charge in [-0.25, -0.2) is 0 Å². The van der Waals surface area contributed by atoms with Crippen LogP contribution in [0.2, 0.25) is 0 Å². The summed E-state index contributed by atoms with van der Waals surface area (Å²) in [5.74, 6) is -1.46. The van der Waals surface area contributed by atoms with Crippen LogP contribution in [0.3, 0.4) is 0 Å². The summed E-state index contributed by atoms with van der Waals surface area (Å²) in [5, 5.41) is 14.2. The van der Waals surface area contributed by atoms with Gasteiger partial charge in [0, 0.05) is 13.0 Å². The normalized spacial score (nSPS) is 9.47. The molecule has 0 bridgehead atoms. The standard InChI is InChI=1S/C10H20N6O3/c11-7(17)5-15-9(19)6-16-8(18)3-1-2-4-14-10(12)13/h1-6H2,(H2,11,17)(H,15,19)(H,16,18)(H4,12,13,14). The third kappa shape index (κ3) is 11.9. The largest absolute Gasteiger partial charge is 0.370 e. The SMILES string of the molecule is N=C(N)NCCCCC(=O)NCC(=O)NCC(N)=O. The fourth-order valence-corrected chi connectivity index (χ4v) is 1.15. The molecule has 9 heteroatoms. The van der Waals surface area contributed by atoms with E-state index in [2.05, 4.69) is 16.0 Å². The molecule has 8 N–H and O–H groups in total. The number of nitrogens with one attached hydrogen (secondary N) is 4. The molecule has 0 aromatic rings. The first kappa shape index (κ1) is 16.7. The maximum absolute atomic E-state index is 11.3. The van der Waals surface area contributed by atoms with Gasteiger partial charge in [0.25, 0.3) is 0 Å². The highest BCUT2D eigenvalue weighted by molar-refractivity contribution is 5.87. The first-order chi connectivity index (χ1) is 8.91. The van der Waals surface area contributed by atoms with Gasteiger partial charge in [0.05, 0.1) is 13.1 Å². The highest BCUT2D eigenvalue weighted by Crippen LogP contribution is 1.93. The molecule has 0 saturated heterocycles. The third-order valence-corrected chi connectivity index (χ3v) is 2.05. The zero-order chi connectivity index (χ0) is 14.7. The van der Waals surface area contributed by atoms with Gasteiger partial charge in [0.1, 0.15) is 0 Å². The lowest BCUT2D eigenvalue weighted by atomic mass is 10.2. The van der Waals surface area contributed by atoms with Crippen molar-refractivity contribution in [1.82, 2.24) is 16.0 Å². The maximum atomic E-state index is 11.3. The van der Waals surface area contributed by atoms with Gasteiger partial charge in [-0.2, -0.15) is 0 Å². The van der Waals surface area contributed by atoms with E-state index in [1.807, 2.05) is 0 Å². The molecular formula is C10H20N6O3. The Kier molecular flexibility index (Phi) is 8.50. The van der Waals surface area contributed by atoms with E-state index in [-0.39, 0.29) is 31.4 Å². The van der Waals surface area contributed by atoms with Crippen molar-refractivity contribution in [1.29, 1.82) is 5.41 Å². The molecule has 19 heavy (non-hydrogen) atoms. The predicted molar refractivity (Wildman–Crippen MR) is 69.0 cm³/mol. The zero-order valence-electron chi connectivity index (χ0n) is 10.6. The van der Waals surface area contributed by atoms with E-state index < -0.39 is 11.8 Å². The Balaban J connectivity index is 3.51. The third-order valence-electron chi connectivity index (χ3n) is 2.05. The van der Waals surface area contributed by atoms with Crippen LogP contribution in [0.5, 0.6) is 0 Å². The number of hydrogen-bond acceptors (Lipinski definition) is 4. The fraction of sp³-hybridized carbons (Fsp3) is 0.600. The Hall–Kier alpha value is -2.32. The monoisotopic (exact) mass is 272 g/mol. The first-order valence-electron chi connectivity index (χ1n) is 5.81. The molecule has 108 valence electrons. The molecule has 0 fully saturated rings. The maximum Gasteiger partial charge on any atom is 0.239 e. The number of rotatable bonds is 9. The van der Waals surface area contributed by atoms with Crippen molar-refractivity contribution < 1.29 is 14.4 Å². The molecule has 0 aliphatic rings. The number of guanidine groups is 1. The average molecular weight is 272 g/mol. The van der Waals surface area contributed by atoms with Gasteiger partial charge in [-0.05, 0) is 12.8 Å². The topological polar surface area (TPSA) is 163 Å². The van der Waals surface area contributed by atoms with E-state index in [0.717, 1.165) is 0 Å². The molecule has 0 aromatic carbocycles. The van der Waals surface area contributed by atoms with Crippen LogP contribution >= 0.6 is 0 Å². The number of unbranched alkanes of at least 4 members (excludes halogenated alkanes) is 1. The molecule has 0 rings (SSSR count). The van der Waals surface area contributed by atoms with Crippen molar-refractivity contribution in [3.8, 4) is 0 Å². The quantitative estimate of drug-likeness (QED) is 0.153. The van der Waals surface area contributed by atoms with Gasteiger partial charge in [0.15, 0.2) is 5.96 Å². The summed E-state index contributed by atoms with van der Waals surface area (Å²) in [7, 11) is 0. The lowest BCUT2D eigenvalue weighted by Gasteiger charge is -2.06. The van der Waals surface area contributed by atoms with Crippen LogP contribution < -0.4 is 27.4 Å². The van der Waals surface area contributed by atoms with Crippen LogP contribution in [-0.2, 0) is 14.4 Å². The molecule has 9 nitrogen and oxygen atoms in total. The first-order valence-corrected chi connectivity index (χ1v) is 5.81. The Morgan fingerprint density at radius 3 is 2.11 bits per heavy atom. The lowest BCUT2D eigenvalue weighted by molar-refractivity contribution is -0.127. The van der Waals surface area contributed by atoms with Gasteiger partial charge in [-0.15, -0.1) is 0 Å². The van der Waals surface area contributed by atoms with Crippen LogP contribution in [0.4, 0.5) is 0 Å². The van der Waals surface area contributed by atoms with Crippen molar-refractivity contribution in [2.24, 2.45) is 11.5 Å². The summed E-state index contributed by atoms with van der Waals surface area (Å²) < 4.78 is 0. The van der Waals surface area contributed by atoms with E-state index >= 15 is 0 Å². The highest BCUT2D eigenvalue weighted by atomic mass is 16.2. The second-order valence-corrected chi connectivity index (χ2v) is 3.82. The minimum absolute atomic E-state index is 0.101. The second kappa shape index (κ2) is 9.68. The smallest absolute Gasteiger partial charge is 0.239 e. The molecule has 0 aromatic heterocycles. The Labute approximate surface area is 111 Å². The minimum Gasteiger partial charge on any atom is -0.370 e. The van der Waals surface area contributed by atoms with Crippen molar-refractivity contribution >= 4 is 23.7 Å². The van der Waals surface area contributed by atoms with Crippen LogP contribution in [-0.4, -0.2) is 43.3 Å². The van der Waals surface area contributed by atoms with E-state index in [4.69, 9.17) is 16.9 Å². The van der Waals surface area contributed by atoms with Crippen LogP contribution in [0.25, 0.3) is 0 Å². The number of hydrogen-bond donors (Lipinski definition) is 6. The number of carbonyl (C=O) groups is 3. The number of carbonyl (C=O) groups excluding carboxylic acids is 3. The zero-order valence-corrected chi connectivity index (χ0v) is 10.6. The van der Waals surface area contributed by atoms with Gasteiger partial charge in [-0.1, -0.05) is 0 Å². The number of nitrogens with two attached hydrogens (primary N) is 2. The summed E-state index contributed by atoms with van der Waals surface area (Å²) >= 11 is 0. The Morgan fingerprint density at radius 2 is 1.53 bits per heavy atom. The Morgan fingerprint density at radius 1 is 0.895 bits per heavy atom. The predicted octanol–water partition coefficient (Wildman–Crippen LogP) is -2.64. The summed E-state index contributed by atoms with van der Waals surface area (Å²) in [4.78, 5) is 32.8. The van der Waals surface area contributed by atoms with Crippen molar-refractivity contribution in [2.45, 2.75) is 19.3 Å². The van der Waals surface area contributed by atoms with Crippen LogP contribution in [0.1, 0.15) is 19.3 Å². The summed E-state index contributed by atoms with van der Waals surface area (Å²) in [6, 6.07) is 0. The lowest BCUT2D eigenvalue weighted by Crippen LogP contribution is -2.40. The molecule has 0 aliphatic carbocycles. The van der Waals surface area contributed by atoms with Crippen LogP contribution in [0, 0.1) is 5.41 Å². The van der Waals surface area contributed by atoms with E-state index in [1.165, 1.54) is 0 Å². The molecule has 0 saturated carbocycles. The van der Waals surface area contributed by atoms with E-state index in [9.17, 15) is 14.4 Å². The van der Waals surface area contributed by atoms with Gasteiger partial charge in [0.2, 0.25) is 17.7 Å². The number of primary amides is 1. The van der Waals surface area contributed by atoms with Gasteiger partial charge in [-0.3, -0.25) is 19.8 Å². The Bertz CT molecular complexity index is 344. The molecule has 0 unspecified atom stereocenters. The molecular weight excluding hydrogens is 252 g/mol. The van der Waals surface area contributed by atoms with Crippen molar-refractivity contribution in [2.75, 3.05) is 19.6 Å².